The second-order valence-electron chi connectivity index (χ2n) is 9.13. The summed E-state index contributed by atoms with van der Waals surface area (Å²) in [6.45, 7) is 1.65. The second kappa shape index (κ2) is 7.74. The van der Waals surface area contributed by atoms with E-state index in [0.717, 1.165) is 52.3 Å². The normalized spacial score (nSPS) is 13.5. The molecule has 1 aliphatic heterocycles. The predicted molar refractivity (Wildman–Crippen MR) is 135 cm³/mol. The van der Waals surface area contributed by atoms with Crippen LogP contribution in [0, 0.1) is 0 Å². The number of carbonyl (C=O) groups excluding carboxylic acids is 2. The molecule has 0 radical (unpaired) electrons. The van der Waals surface area contributed by atoms with Gasteiger partial charge in [-0.25, -0.2) is 9.59 Å². The largest absolute Gasteiger partial charge is 0.497 e. The number of hydrogen-bond acceptors (Lipinski definition) is 6. The first kappa shape index (κ1) is 21.5. The van der Waals surface area contributed by atoms with Crippen LogP contribution in [0.2, 0.25) is 0 Å². The zero-order chi connectivity index (χ0) is 24.4. The van der Waals surface area contributed by atoms with Gasteiger partial charge < -0.3 is 28.7 Å². The quantitative estimate of drug-likeness (QED) is 0.285. The summed E-state index contributed by atoms with van der Waals surface area (Å²) in [5, 5.41) is 3.05. The van der Waals surface area contributed by atoms with E-state index in [1.54, 1.807) is 14.2 Å². The summed E-state index contributed by atoms with van der Waals surface area (Å²) >= 11 is 0. The Hall–Kier alpha value is -4.04. The van der Waals surface area contributed by atoms with Crippen LogP contribution in [0.3, 0.4) is 0 Å². The molecule has 8 heteroatoms. The number of cyclic esters (lactones) is 2. The number of nitrogens with zero attached hydrogens (tertiary/aromatic N) is 2. The lowest BCUT2D eigenvalue weighted by atomic mass is 9.96. The van der Waals surface area contributed by atoms with Crippen molar-refractivity contribution in [2.45, 2.75) is 13.0 Å². The lowest BCUT2D eigenvalue weighted by molar-refractivity contribution is 0.0445. The van der Waals surface area contributed by atoms with Crippen LogP contribution in [0.25, 0.3) is 43.6 Å². The first-order valence-corrected chi connectivity index (χ1v) is 11.5. The van der Waals surface area contributed by atoms with E-state index in [-0.39, 0.29) is 0 Å². The number of aryl methyl sites for hydroxylation is 1. The van der Waals surface area contributed by atoms with Crippen LogP contribution >= 0.6 is 0 Å². The van der Waals surface area contributed by atoms with E-state index < -0.39 is 11.9 Å². The summed E-state index contributed by atoms with van der Waals surface area (Å²) in [5.41, 5.74) is 4.11. The van der Waals surface area contributed by atoms with Crippen molar-refractivity contribution in [3.05, 3.63) is 47.5 Å². The highest BCUT2D eigenvalue weighted by atomic mass is 16.6. The van der Waals surface area contributed by atoms with E-state index in [1.807, 2.05) is 36.4 Å². The Balaban J connectivity index is 1.83. The molecule has 35 heavy (non-hydrogen) atoms. The highest BCUT2D eigenvalue weighted by molar-refractivity contribution is 6.36. The molecule has 1 aliphatic rings. The van der Waals surface area contributed by atoms with Crippen molar-refractivity contribution in [1.29, 1.82) is 0 Å². The van der Waals surface area contributed by atoms with Gasteiger partial charge >= 0.3 is 11.9 Å². The minimum Gasteiger partial charge on any atom is -0.497 e. The SMILES string of the molecule is COc1ccc2[nH]c3c(c4c(c5c6cc(OC)ccc6n(CCCN(C)C)c35)C(=O)OC4=O)c2c1. The molecule has 0 fully saturated rings. The molecule has 5 aromatic rings. The summed E-state index contributed by atoms with van der Waals surface area (Å²) in [7, 11) is 7.32. The number of nitrogens with one attached hydrogen (secondary N) is 1. The Morgan fingerprint density at radius 2 is 1.57 bits per heavy atom. The van der Waals surface area contributed by atoms with Crippen LogP contribution in [0.5, 0.6) is 11.5 Å². The van der Waals surface area contributed by atoms with E-state index in [9.17, 15) is 9.59 Å². The highest BCUT2D eigenvalue weighted by Crippen LogP contribution is 2.45. The summed E-state index contributed by atoms with van der Waals surface area (Å²) in [6.07, 6.45) is 0.911. The van der Waals surface area contributed by atoms with Crippen LogP contribution in [-0.4, -0.2) is 61.2 Å². The van der Waals surface area contributed by atoms with E-state index in [4.69, 9.17) is 14.2 Å². The average Bonchev–Trinajstić information content (AvgIpc) is 3.47. The molecule has 0 atom stereocenters. The number of hydrogen-bond donors (Lipinski definition) is 1. The molecule has 3 heterocycles. The predicted octanol–water partition coefficient (Wildman–Crippen LogP) is 4.71. The third-order valence-electron chi connectivity index (χ3n) is 6.84. The smallest absolute Gasteiger partial charge is 0.347 e. The summed E-state index contributed by atoms with van der Waals surface area (Å²) in [4.78, 5) is 31.8. The van der Waals surface area contributed by atoms with E-state index >= 15 is 0 Å². The molecule has 6 rings (SSSR count). The Morgan fingerprint density at radius 3 is 2.26 bits per heavy atom. The molecule has 1 N–H and O–H groups in total. The summed E-state index contributed by atoms with van der Waals surface area (Å²) in [6, 6.07) is 11.5. The van der Waals surface area contributed by atoms with Crippen molar-refractivity contribution in [3.8, 4) is 11.5 Å². The molecule has 2 aromatic heterocycles. The van der Waals surface area contributed by atoms with Gasteiger partial charge in [0.05, 0.1) is 36.4 Å². The fourth-order valence-corrected chi connectivity index (χ4v) is 5.33. The van der Waals surface area contributed by atoms with Gasteiger partial charge in [-0.15, -0.1) is 0 Å². The molecule has 8 nitrogen and oxygen atoms in total. The number of methoxy groups -OCH3 is 2. The van der Waals surface area contributed by atoms with Crippen molar-refractivity contribution in [2.24, 2.45) is 0 Å². The number of fused-ring (bicyclic) bond motifs is 10. The van der Waals surface area contributed by atoms with Crippen molar-refractivity contribution in [2.75, 3.05) is 34.9 Å². The average molecular weight is 472 g/mol. The van der Waals surface area contributed by atoms with Crippen LogP contribution in [0.4, 0.5) is 0 Å². The van der Waals surface area contributed by atoms with Crippen LogP contribution in [0.15, 0.2) is 36.4 Å². The van der Waals surface area contributed by atoms with Crippen LogP contribution < -0.4 is 9.47 Å². The van der Waals surface area contributed by atoms with Gasteiger partial charge in [-0.1, -0.05) is 0 Å². The number of ether oxygens (including phenoxy) is 3. The molecule has 3 aromatic carbocycles. The molecular weight excluding hydrogens is 446 g/mol. The van der Waals surface area contributed by atoms with Gasteiger partial charge in [0, 0.05) is 39.1 Å². The van der Waals surface area contributed by atoms with Crippen molar-refractivity contribution in [1.82, 2.24) is 14.5 Å². The van der Waals surface area contributed by atoms with E-state index in [1.165, 1.54) is 0 Å². The number of rotatable bonds is 6. The maximum Gasteiger partial charge on any atom is 0.347 e. The monoisotopic (exact) mass is 471 g/mol. The minimum atomic E-state index is -0.628. The van der Waals surface area contributed by atoms with Crippen molar-refractivity contribution < 1.29 is 23.8 Å². The molecule has 0 unspecified atom stereocenters. The molecule has 0 amide bonds. The Kier molecular flexibility index (Phi) is 4.76. The Bertz CT molecular complexity index is 1690. The minimum absolute atomic E-state index is 0.298. The maximum absolute atomic E-state index is 13.1. The van der Waals surface area contributed by atoms with Crippen molar-refractivity contribution in [3.63, 3.8) is 0 Å². The fourth-order valence-electron chi connectivity index (χ4n) is 5.33. The molecule has 178 valence electrons. The van der Waals surface area contributed by atoms with Gasteiger partial charge in [0.15, 0.2) is 0 Å². The first-order chi connectivity index (χ1) is 16.9. The third-order valence-corrected chi connectivity index (χ3v) is 6.84. The maximum atomic E-state index is 13.1. The molecular formula is C27H25N3O5. The van der Waals surface area contributed by atoms with Gasteiger partial charge in [0.25, 0.3) is 0 Å². The van der Waals surface area contributed by atoms with Crippen molar-refractivity contribution >= 4 is 55.6 Å². The standard InChI is InChI=1S/C27H25N3O5/c1-29(2)10-5-11-30-19-9-7-15(34-4)13-17(19)21-23-22(26(31)35-27(23)32)20-16-12-14(33-3)6-8-18(16)28-24(20)25(21)30/h6-9,12-13,28H,5,10-11H2,1-4H3. The van der Waals surface area contributed by atoms with Gasteiger partial charge in [0.2, 0.25) is 0 Å². The zero-order valence-corrected chi connectivity index (χ0v) is 20.0. The lowest BCUT2D eigenvalue weighted by Crippen LogP contribution is -2.15. The number of benzene rings is 3. The van der Waals surface area contributed by atoms with Gasteiger partial charge in [-0.2, -0.15) is 0 Å². The summed E-state index contributed by atoms with van der Waals surface area (Å²) in [5.74, 6) is 0.0975. The number of aromatic amines is 1. The lowest BCUT2D eigenvalue weighted by Gasteiger charge is -2.12. The molecule has 0 bridgehead atoms. The molecule has 0 aliphatic carbocycles. The number of carbonyl (C=O) groups is 2. The molecule has 0 spiro atoms. The Morgan fingerprint density at radius 1 is 0.914 bits per heavy atom. The number of aromatic nitrogens is 2. The van der Waals surface area contributed by atoms with Gasteiger partial charge in [-0.3, -0.25) is 0 Å². The van der Waals surface area contributed by atoms with Gasteiger partial charge in [0.1, 0.15) is 11.5 Å². The third kappa shape index (κ3) is 3.03. The van der Waals surface area contributed by atoms with Gasteiger partial charge in [-0.05, 0) is 63.5 Å². The highest BCUT2D eigenvalue weighted by Gasteiger charge is 2.38. The van der Waals surface area contributed by atoms with Crippen LogP contribution in [0.1, 0.15) is 27.1 Å². The van der Waals surface area contributed by atoms with Crippen LogP contribution in [-0.2, 0) is 11.3 Å². The Labute approximate surface area is 200 Å². The number of esters is 2. The van der Waals surface area contributed by atoms with E-state index in [0.29, 0.717) is 33.4 Å². The topological polar surface area (TPSA) is 85.8 Å². The second-order valence-corrected chi connectivity index (χ2v) is 9.13. The molecule has 0 saturated carbocycles. The fraction of sp³-hybridized carbons (Fsp3) is 0.259. The number of H-pyrrole nitrogens is 1. The first-order valence-electron chi connectivity index (χ1n) is 11.5. The molecule has 0 saturated heterocycles. The zero-order valence-electron chi connectivity index (χ0n) is 20.0. The van der Waals surface area contributed by atoms with E-state index in [2.05, 4.69) is 28.5 Å². The summed E-state index contributed by atoms with van der Waals surface area (Å²) < 4.78 is 18.4.